The molecule has 1 heterocycles. The molecule has 1 aromatic heterocycles. The number of hydrogen-bond acceptors (Lipinski definition) is 4. The van der Waals surface area contributed by atoms with Gasteiger partial charge in [-0.3, -0.25) is 9.78 Å². The first-order valence-electron chi connectivity index (χ1n) is 6.25. The van der Waals surface area contributed by atoms with Crippen LogP contribution in [0.3, 0.4) is 0 Å². The molecule has 1 aromatic carbocycles. The molecule has 0 amide bonds. The van der Waals surface area contributed by atoms with Crippen molar-refractivity contribution in [3.63, 3.8) is 0 Å². The van der Waals surface area contributed by atoms with Gasteiger partial charge in [0.05, 0.1) is 18.5 Å². The molecular formula is C15H15NO4. The molecule has 0 radical (unpaired) electrons. The average molecular weight is 273 g/mol. The van der Waals surface area contributed by atoms with Gasteiger partial charge < -0.3 is 14.9 Å². The van der Waals surface area contributed by atoms with Crippen LogP contribution in [0, 0.1) is 0 Å². The van der Waals surface area contributed by atoms with Crippen LogP contribution in [0.4, 0.5) is 0 Å². The predicted molar refractivity (Wildman–Crippen MR) is 73.7 cm³/mol. The summed E-state index contributed by atoms with van der Waals surface area (Å²) in [5.41, 5.74) is 1.56. The smallest absolute Gasteiger partial charge is 0.303 e. The second-order valence-electron chi connectivity index (χ2n) is 4.28. The number of phenols is 1. The monoisotopic (exact) mass is 273 g/mol. The van der Waals surface area contributed by atoms with Crippen molar-refractivity contribution in [2.75, 3.05) is 6.61 Å². The van der Waals surface area contributed by atoms with Gasteiger partial charge in [-0.25, -0.2) is 0 Å². The molecule has 0 aliphatic carbocycles. The van der Waals surface area contributed by atoms with E-state index in [-0.39, 0.29) is 12.2 Å². The lowest BCUT2D eigenvalue weighted by atomic mass is 10.1. The fourth-order valence-corrected chi connectivity index (χ4v) is 1.72. The van der Waals surface area contributed by atoms with Crippen LogP contribution in [0.1, 0.15) is 12.8 Å². The molecule has 0 spiro atoms. The summed E-state index contributed by atoms with van der Waals surface area (Å²) in [6, 6.07) is 10.4. The van der Waals surface area contributed by atoms with E-state index in [1.54, 1.807) is 36.5 Å². The number of carboxylic acid groups (broad SMARTS) is 1. The summed E-state index contributed by atoms with van der Waals surface area (Å²) in [5, 5.41) is 17.9. The van der Waals surface area contributed by atoms with Crippen molar-refractivity contribution in [2.45, 2.75) is 12.8 Å². The van der Waals surface area contributed by atoms with Gasteiger partial charge in [-0.1, -0.05) is 12.1 Å². The molecule has 0 aliphatic heterocycles. The van der Waals surface area contributed by atoms with Gasteiger partial charge in [-0.2, -0.15) is 0 Å². The normalized spacial score (nSPS) is 10.2. The fourth-order valence-electron chi connectivity index (χ4n) is 1.72. The number of aromatic hydroxyl groups is 1. The molecule has 0 aliphatic rings. The molecule has 0 unspecified atom stereocenters. The van der Waals surface area contributed by atoms with Crippen LogP contribution in [0.25, 0.3) is 11.3 Å². The van der Waals surface area contributed by atoms with Crippen molar-refractivity contribution in [3.8, 4) is 22.8 Å². The first kappa shape index (κ1) is 13.9. The molecule has 0 atom stereocenters. The summed E-state index contributed by atoms with van der Waals surface area (Å²) in [7, 11) is 0. The van der Waals surface area contributed by atoms with E-state index < -0.39 is 5.97 Å². The van der Waals surface area contributed by atoms with Crippen molar-refractivity contribution in [3.05, 3.63) is 42.6 Å². The third-order valence-corrected chi connectivity index (χ3v) is 2.68. The van der Waals surface area contributed by atoms with E-state index in [1.807, 2.05) is 6.07 Å². The number of ether oxygens (including phenoxy) is 1. The van der Waals surface area contributed by atoms with Crippen LogP contribution in [0.5, 0.6) is 11.5 Å². The van der Waals surface area contributed by atoms with E-state index in [2.05, 4.69) is 4.98 Å². The first-order valence-corrected chi connectivity index (χ1v) is 6.25. The minimum atomic E-state index is -0.828. The Hall–Kier alpha value is -2.56. The quantitative estimate of drug-likeness (QED) is 0.791. The Morgan fingerprint density at radius 3 is 2.75 bits per heavy atom. The molecule has 2 N–H and O–H groups in total. The van der Waals surface area contributed by atoms with Crippen molar-refractivity contribution in [1.29, 1.82) is 0 Å². The molecule has 0 bridgehead atoms. The van der Waals surface area contributed by atoms with Gasteiger partial charge in [-0.05, 0) is 30.7 Å². The number of nitrogens with zero attached hydrogens (tertiary/aromatic N) is 1. The second kappa shape index (κ2) is 6.56. The zero-order valence-electron chi connectivity index (χ0n) is 10.8. The number of pyridine rings is 1. The summed E-state index contributed by atoms with van der Waals surface area (Å²) < 4.78 is 5.40. The largest absolute Gasteiger partial charge is 0.508 e. The van der Waals surface area contributed by atoms with Gasteiger partial charge in [0, 0.05) is 12.0 Å². The highest BCUT2D eigenvalue weighted by molar-refractivity contribution is 5.66. The zero-order valence-corrected chi connectivity index (χ0v) is 10.8. The molecule has 5 heteroatoms. The van der Waals surface area contributed by atoms with Crippen LogP contribution in [0.2, 0.25) is 0 Å². The van der Waals surface area contributed by atoms with Crippen LogP contribution in [-0.2, 0) is 4.79 Å². The van der Waals surface area contributed by atoms with Gasteiger partial charge in [0.1, 0.15) is 11.5 Å². The topological polar surface area (TPSA) is 79.7 Å². The van der Waals surface area contributed by atoms with E-state index in [0.717, 1.165) is 11.3 Å². The summed E-state index contributed by atoms with van der Waals surface area (Å²) in [4.78, 5) is 14.6. The van der Waals surface area contributed by atoms with Crippen molar-refractivity contribution in [1.82, 2.24) is 4.98 Å². The number of carbonyl (C=O) groups is 1. The van der Waals surface area contributed by atoms with Crippen molar-refractivity contribution >= 4 is 5.97 Å². The van der Waals surface area contributed by atoms with E-state index in [4.69, 9.17) is 9.84 Å². The maximum atomic E-state index is 10.4. The van der Waals surface area contributed by atoms with E-state index in [0.29, 0.717) is 18.8 Å². The Kier molecular flexibility index (Phi) is 4.55. The number of carboxylic acids is 1. The highest BCUT2D eigenvalue weighted by atomic mass is 16.5. The van der Waals surface area contributed by atoms with Gasteiger partial charge in [0.25, 0.3) is 0 Å². The molecular weight excluding hydrogens is 258 g/mol. The number of phenolic OH excluding ortho intramolecular Hbond substituents is 1. The van der Waals surface area contributed by atoms with Crippen LogP contribution in [0.15, 0.2) is 42.6 Å². The zero-order chi connectivity index (χ0) is 14.4. The summed E-state index contributed by atoms with van der Waals surface area (Å²) in [5.74, 6) is -0.0384. The molecule has 0 saturated heterocycles. The standard InChI is InChI=1S/C15H15NO4/c17-12-4-1-3-11(9-12)14-7-6-13(10-16-14)20-8-2-5-15(18)19/h1,3-4,6-7,9-10,17H,2,5,8H2,(H,18,19). The van der Waals surface area contributed by atoms with Gasteiger partial charge in [0.15, 0.2) is 0 Å². The summed E-state index contributed by atoms with van der Waals surface area (Å²) in [6.45, 7) is 0.347. The number of aromatic nitrogens is 1. The average Bonchev–Trinajstić information content (AvgIpc) is 2.44. The molecule has 104 valence electrons. The first-order chi connectivity index (χ1) is 9.65. The minimum absolute atomic E-state index is 0.0921. The minimum Gasteiger partial charge on any atom is -0.508 e. The number of hydrogen-bond donors (Lipinski definition) is 2. The third-order valence-electron chi connectivity index (χ3n) is 2.68. The molecule has 2 rings (SSSR count). The fraction of sp³-hybridized carbons (Fsp3) is 0.200. The second-order valence-corrected chi connectivity index (χ2v) is 4.28. The Morgan fingerprint density at radius 2 is 2.10 bits per heavy atom. The number of rotatable bonds is 6. The van der Waals surface area contributed by atoms with E-state index in [9.17, 15) is 9.90 Å². The molecule has 0 fully saturated rings. The lowest BCUT2D eigenvalue weighted by Gasteiger charge is -2.06. The summed E-state index contributed by atoms with van der Waals surface area (Å²) >= 11 is 0. The highest BCUT2D eigenvalue weighted by Gasteiger charge is 2.02. The van der Waals surface area contributed by atoms with Gasteiger partial charge >= 0.3 is 5.97 Å². The number of benzene rings is 1. The maximum Gasteiger partial charge on any atom is 0.303 e. The lowest BCUT2D eigenvalue weighted by molar-refractivity contribution is -0.137. The molecule has 20 heavy (non-hydrogen) atoms. The third kappa shape index (κ3) is 3.98. The number of aliphatic carboxylic acids is 1. The Labute approximate surface area is 116 Å². The van der Waals surface area contributed by atoms with Crippen molar-refractivity contribution in [2.24, 2.45) is 0 Å². The maximum absolute atomic E-state index is 10.4. The van der Waals surface area contributed by atoms with Gasteiger partial charge in [-0.15, -0.1) is 0 Å². The predicted octanol–water partition coefficient (Wildman–Crippen LogP) is 2.70. The molecule has 0 saturated carbocycles. The van der Waals surface area contributed by atoms with E-state index in [1.165, 1.54) is 0 Å². The van der Waals surface area contributed by atoms with Crippen LogP contribution in [-0.4, -0.2) is 27.8 Å². The van der Waals surface area contributed by atoms with Crippen LogP contribution < -0.4 is 4.74 Å². The highest BCUT2D eigenvalue weighted by Crippen LogP contribution is 2.22. The molecule has 2 aromatic rings. The van der Waals surface area contributed by atoms with Crippen molar-refractivity contribution < 1.29 is 19.7 Å². The lowest BCUT2D eigenvalue weighted by Crippen LogP contribution is -2.02. The van der Waals surface area contributed by atoms with E-state index >= 15 is 0 Å². The Bertz CT molecular complexity index is 581. The Morgan fingerprint density at radius 1 is 1.25 bits per heavy atom. The molecule has 5 nitrogen and oxygen atoms in total. The Balaban J connectivity index is 1.94. The SMILES string of the molecule is O=C(O)CCCOc1ccc(-c2cccc(O)c2)nc1. The summed E-state index contributed by atoms with van der Waals surface area (Å²) in [6.07, 6.45) is 2.14. The van der Waals surface area contributed by atoms with Gasteiger partial charge in [0.2, 0.25) is 0 Å². The van der Waals surface area contributed by atoms with Crippen LogP contribution >= 0.6 is 0 Å².